The lowest BCUT2D eigenvalue weighted by molar-refractivity contribution is -0.277. The number of phenols is 1. The van der Waals surface area contributed by atoms with E-state index < -0.39 is 37.3 Å². The van der Waals surface area contributed by atoms with Crippen LogP contribution in [0.25, 0.3) is 0 Å². The minimum Gasteiger partial charge on any atom is -0.508 e. The molecule has 1 aromatic rings. The molecule has 0 aliphatic carbocycles. The Morgan fingerprint density at radius 1 is 1.19 bits per heavy atom. The standard InChI is InChI=1S/C13H16O8/c14-4-6-1-2-7(16)3-8(6)20-13-12(19)11(18)10(17)9(5-15)21-13/h1-4,9-13,15-19H,5H2/t9-,10-,11-,12-,13+/m1/s1. The molecule has 1 aliphatic rings. The average molecular weight is 300 g/mol. The number of carbonyl (C=O) groups is 1. The molecule has 0 radical (unpaired) electrons. The predicted molar refractivity (Wildman–Crippen MR) is 67.9 cm³/mol. The third-order valence-electron chi connectivity index (χ3n) is 3.22. The van der Waals surface area contributed by atoms with Gasteiger partial charge in [0, 0.05) is 6.07 Å². The molecule has 0 amide bonds. The second kappa shape index (κ2) is 6.37. The average Bonchev–Trinajstić information content (AvgIpc) is 2.48. The Morgan fingerprint density at radius 2 is 1.90 bits per heavy atom. The smallest absolute Gasteiger partial charge is 0.229 e. The van der Waals surface area contributed by atoms with Crippen molar-refractivity contribution in [3.05, 3.63) is 23.8 Å². The fourth-order valence-electron chi connectivity index (χ4n) is 2.01. The number of hydrogen-bond donors (Lipinski definition) is 5. The highest BCUT2D eigenvalue weighted by atomic mass is 16.7. The summed E-state index contributed by atoms with van der Waals surface area (Å²) in [6.07, 6.45) is -6.73. The maximum atomic E-state index is 10.9. The van der Waals surface area contributed by atoms with Gasteiger partial charge in [0.2, 0.25) is 6.29 Å². The second-order valence-corrected chi connectivity index (χ2v) is 4.66. The lowest BCUT2D eigenvalue weighted by Gasteiger charge is -2.39. The molecule has 8 heteroatoms. The predicted octanol–water partition coefficient (Wildman–Crippen LogP) is -1.62. The molecule has 1 heterocycles. The Morgan fingerprint density at radius 3 is 2.52 bits per heavy atom. The molecule has 5 N–H and O–H groups in total. The Bertz CT molecular complexity index is 503. The number of aliphatic hydroxyl groups is 4. The van der Waals surface area contributed by atoms with Crippen LogP contribution in [0.4, 0.5) is 0 Å². The molecule has 1 saturated heterocycles. The molecule has 0 saturated carbocycles. The van der Waals surface area contributed by atoms with Crippen molar-refractivity contribution in [1.29, 1.82) is 0 Å². The molecule has 116 valence electrons. The summed E-state index contributed by atoms with van der Waals surface area (Å²) in [5, 5.41) is 47.6. The van der Waals surface area contributed by atoms with Crippen molar-refractivity contribution in [2.45, 2.75) is 30.7 Å². The number of carbonyl (C=O) groups excluding carboxylic acids is 1. The van der Waals surface area contributed by atoms with Crippen molar-refractivity contribution in [3.8, 4) is 11.5 Å². The maximum Gasteiger partial charge on any atom is 0.229 e. The summed E-state index contributed by atoms with van der Waals surface area (Å²) in [5.41, 5.74) is 0.102. The molecular formula is C13H16O8. The van der Waals surface area contributed by atoms with Gasteiger partial charge in [0.1, 0.15) is 35.9 Å². The van der Waals surface area contributed by atoms with Crippen LogP contribution in [0.3, 0.4) is 0 Å². The van der Waals surface area contributed by atoms with Crippen molar-refractivity contribution >= 4 is 6.29 Å². The van der Waals surface area contributed by atoms with Gasteiger partial charge in [-0.1, -0.05) is 0 Å². The maximum absolute atomic E-state index is 10.9. The molecule has 0 bridgehead atoms. The molecule has 5 atom stereocenters. The Kier molecular flexibility index (Phi) is 4.76. The van der Waals surface area contributed by atoms with E-state index in [-0.39, 0.29) is 17.1 Å². The molecule has 0 aromatic heterocycles. The summed E-state index contributed by atoms with van der Waals surface area (Å²) in [4.78, 5) is 10.9. The van der Waals surface area contributed by atoms with Gasteiger partial charge in [0.15, 0.2) is 6.29 Å². The van der Waals surface area contributed by atoms with E-state index in [0.29, 0.717) is 6.29 Å². The minimum absolute atomic E-state index is 0.0608. The van der Waals surface area contributed by atoms with Gasteiger partial charge in [-0.15, -0.1) is 0 Å². The summed E-state index contributed by atoms with van der Waals surface area (Å²) in [5.74, 6) is -0.227. The van der Waals surface area contributed by atoms with Crippen LogP contribution in [0, 0.1) is 0 Å². The largest absolute Gasteiger partial charge is 0.508 e. The molecule has 1 aliphatic heterocycles. The number of aldehydes is 1. The van der Waals surface area contributed by atoms with E-state index in [1.807, 2.05) is 0 Å². The lowest BCUT2D eigenvalue weighted by atomic mass is 9.99. The monoisotopic (exact) mass is 300 g/mol. The highest BCUT2D eigenvalue weighted by Gasteiger charge is 2.44. The fraction of sp³-hybridized carbons (Fsp3) is 0.462. The third-order valence-corrected chi connectivity index (χ3v) is 3.22. The first-order chi connectivity index (χ1) is 9.97. The molecular weight excluding hydrogens is 284 g/mol. The van der Waals surface area contributed by atoms with Gasteiger partial charge in [-0.25, -0.2) is 0 Å². The third kappa shape index (κ3) is 3.14. The molecule has 0 spiro atoms. The van der Waals surface area contributed by atoms with Gasteiger partial charge >= 0.3 is 0 Å². The number of benzene rings is 1. The molecule has 8 nitrogen and oxygen atoms in total. The summed E-state index contributed by atoms with van der Waals surface area (Å²) in [6.45, 7) is -0.592. The van der Waals surface area contributed by atoms with E-state index in [9.17, 15) is 25.2 Å². The Labute approximate surface area is 119 Å². The van der Waals surface area contributed by atoms with Crippen molar-refractivity contribution < 1.29 is 39.8 Å². The van der Waals surface area contributed by atoms with Crippen LogP contribution in [0.5, 0.6) is 11.5 Å². The van der Waals surface area contributed by atoms with Crippen LogP contribution in [-0.4, -0.2) is 69.1 Å². The molecule has 21 heavy (non-hydrogen) atoms. The van der Waals surface area contributed by atoms with Gasteiger partial charge in [0.05, 0.1) is 12.2 Å². The van der Waals surface area contributed by atoms with Crippen LogP contribution in [-0.2, 0) is 4.74 Å². The van der Waals surface area contributed by atoms with Crippen LogP contribution in [0.2, 0.25) is 0 Å². The molecule has 1 aromatic carbocycles. The Balaban J connectivity index is 2.22. The van der Waals surface area contributed by atoms with Crippen molar-refractivity contribution in [2.75, 3.05) is 6.61 Å². The normalized spacial score (nSPS) is 32.7. The zero-order chi connectivity index (χ0) is 15.6. The number of phenolic OH excluding ortho intramolecular Hbond substituents is 1. The topological polar surface area (TPSA) is 137 Å². The zero-order valence-electron chi connectivity index (χ0n) is 10.9. The van der Waals surface area contributed by atoms with E-state index in [2.05, 4.69) is 0 Å². The number of rotatable bonds is 4. The Hall–Kier alpha value is -1.71. The fourth-order valence-corrected chi connectivity index (χ4v) is 2.01. The molecule has 0 unspecified atom stereocenters. The SMILES string of the molecule is O=Cc1ccc(O)cc1O[C@H]1O[C@H](CO)[C@@H](O)[C@@H](O)[C@H]1O. The highest BCUT2D eigenvalue weighted by molar-refractivity contribution is 5.79. The summed E-state index contributed by atoms with van der Waals surface area (Å²) >= 11 is 0. The second-order valence-electron chi connectivity index (χ2n) is 4.66. The van der Waals surface area contributed by atoms with Crippen LogP contribution >= 0.6 is 0 Å². The number of aliphatic hydroxyl groups excluding tert-OH is 4. The van der Waals surface area contributed by atoms with Crippen molar-refractivity contribution in [3.63, 3.8) is 0 Å². The summed E-state index contributed by atoms with van der Waals surface area (Å²) in [6, 6.07) is 3.73. The van der Waals surface area contributed by atoms with Gasteiger partial charge in [-0.3, -0.25) is 4.79 Å². The van der Waals surface area contributed by atoms with Crippen LogP contribution in [0.1, 0.15) is 10.4 Å². The molecule has 2 rings (SSSR count). The first kappa shape index (κ1) is 15.7. The van der Waals surface area contributed by atoms with Crippen molar-refractivity contribution in [2.24, 2.45) is 0 Å². The highest BCUT2D eigenvalue weighted by Crippen LogP contribution is 2.28. The number of aromatic hydroxyl groups is 1. The van der Waals surface area contributed by atoms with E-state index in [1.165, 1.54) is 12.1 Å². The zero-order valence-corrected chi connectivity index (χ0v) is 10.9. The van der Waals surface area contributed by atoms with Gasteiger partial charge < -0.3 is 35.0 Å². The van der Waals surface area contributed by atoms with Crippen LogP contribution in [0.15, 0.2) is 18.2 Å². The first-order valence-corrected chi connectivity index (χ1v) is 6.23. The summed E-state index contributed by atoms with van der Waals surface area (Å²) in [7, 11) is 0. The van der Waals surface area contributed by atoms with Gasteiger partial charge in [-0.05, 0) is 12.1 Å². The number of hydrogen-bond acceptors (Lipinski definition) is 8. The number of ether oxygens (including phenoxy) is 2. The van der Waals surface area contributed by atoms with Gasteiger partial charge in [0.25, 0.3) is 0 Å². The van der Waals surface area contributed by atoms with Crippen LogP contribution < -0.4 is 4.74 Å². The van der Waals surface area contributed by atoms with E-state index in [4.69, 9.17) is 14.6 Å². The lowest BCUT2D eigenvalue weighted by Crippen LogP contribution is -2.60. The van der Waals surface area contributed by atoms with Gasteiger partial charge in [-0.2, -0.15) is 0 Å². The van der Waals surface area contributed by atoms with E-state index >= 15 is 0 Å². The summed E-state index contributed by atoms with van der Waals surface area (Å²) < 4.78 is 10.4. The minimum atomic E-state index is -1.59. The van der Waals surface area contributed by atoms with E-state index in [1.54, 1.807) is 0 Å². The first-order valence-electron chi connectivity index (χ1n) is 6.23. The van der Waals surface area contributed by atoms with E-state index in [0.717, 1.165) is 6.07 Å². The van der Waals surface area contributed by atoms with Crippen molar-refractivity contribution in [1.82, 2.24) is 0 Å². The quantitative estimate of drug-likeness (QED) is 0.419. The molecule has 1 fully saturated rings.